The number of H-pyrrole nitrogens is 1. The van der Waals surface area contributed by atoms with Crippen molar-refractivity contribution in [2.24, 2.45) is 5.92 Å². The van der Waals surface area contributed by atoms with Gasteiger partial charge in [-0.2, -0.15) is 0 Å². The van der Waals surface area contributed by atoms with Crippen LogP contribution in [0.4, 0.5) is 4.39 Å². The van der Waals surface area contributed by atoms with Gasteiger partial charge in [0.1, 0.15) is 36.1 Å². The molecule has 3 aromatic rings. The number of aromatic amines is 1. The molecule has 3 N–H and O–H groups in total. The highest BCUT2D eigenvalue weighted by Gasteiger charge is 2.37. The van der Waals surface area contributed by atoms with Crippen molar-refractivity contribution in [3.05, 3.63) is 41.3 Å². The molecule has 3 unspecified atom stereocenters. The lowest BCUT2D eigenvalue weighted by Gasteiger charge is -2.15. The molecule has 2 amide bonds. The Morgan fingerprint density at radius 1 is 1.16 bits per heavy atom. The lowest BCUT2D eigenvalue weighted by Crippen LogP contribution is -2.40. The molecule has 3 atom stereocenters. The number of amides is 2. The second kappa shape index (κ2) is 10.5. The van der Waals surface area contributed by atoms with Crippen LogP contribution in [-0.4, -0.2) is 65.3 Å². The molecule has 1 aromatic carbocycles. The van der Waals surface area contributed by atoms with Crippen molar-refractivity contribution in [1.82, 2.24) is 25.6 Å². The smallest absolute Gasteiger partial charge is 0.255 e. The number of carbonyl (C=O) groups is 2. The van der Waals surface area contributed by atoms with Crippen LogP contribution in [0.1, 0.15) is 47.3 Å². The highest BCUT2D eigenvalue weighted by molar-refractivity contribution is 6.09. The molecular formula is C27H32FN5O4. The summed E-state index contributed by atoms with van der Waals surface area (Å²) < 4.78 is 25.7. The molecule has 196 valence electrons. The molecular weight excluding hydrogens is 477 g/mol. The third-order valence-electron chi connectivity index (χ3n) is 7.00. The van der Waals surface area contributed by atoms with Gasteiger partial charge in [0.2, 0.25) is 5.91 Å². The van der Waals surface area contributed by atoms with Crippen molar-refractivity contribution in [3.8, 4) is 17.0 Å². The normalized spacial score (nSPS) is 21.2. The van der Waals surface area contributed by atoms with Gasteiger partial charge < -0.3 is 25.1 Å². The molecule has 0 saturated heterocycles. The number of rotatable bonds is 9. The number of nitrogens with zero attached hydrogens (tertiary/aromatic N) is 2. The van der Waals surface area contributed by atoms with Gasteiger partial charge >= 0.3 is 0 Å². The minimum atomic E-state index is -1.27. The molecule has 2 fully saturated rings. The van der Waals surface area contributed by atoms with Crippen LogP contribution < -0.4 is 15.4 Å². The first-order valence-corrected chi connectivity index (χ1v) is 12.6. The van der Waals surface area contributed by atoms with Crippen LogP contribution in [-0.2, 0) is 9.53 Å². The molecule has 10 heteroatoms. The van der Waals surface area contributed by atoms with Crippen molar-refractivity contribution in [2.45, 2.75) is 57.8 Å². The fraction of sp³-hybridized carbons (Fsp3) is 0.481. The summed E-state index contributed by atoms with van der Waals surface area (Å²) in [5.41, 5.74) is 4.59. The standard InChI is InChI=1S/C27H32FN5O4/c1-14-4-7-21(37-11-16-5-6-16)18(8-14)24-26-25(30-13-29-24)23(15(2)31-26)27(35)33-20-10-17(9-19(20)28)32-22(34)12-36-3/h4,7-8,13,16-17,19-20,31H,5-6,9-12H2,1-3H3,(H,32,34)(H,33,35). The van der Waals surface area contributed by atoms with Crippen LogP contribution in [0.15, 0.2) is 24.5 Å². The summed E-state index contributed by atoms with van der Waals surface area (Å²) in [4.78, 5) is 37.4. The predicted molar refractivity (Wildman–Crippen MR) is 136 cm³/mol. The zero-order chi connectivity index (χ0) is 26.1. The minimum absolute atomic E-state index is 0.0880. The van der Waals surface area contributed by atoms with Crippen LogP contribution in [0.5, 0.6) is 5.75 Å². The summed E-state index contributed by atoms with van der Waals surface area (Å²) in [6, 6.07) is 4.89. The Kier molecular flexibility index (Phi) is 7.10. The Hall–Kier alpha value is -3.53. The number of aryl methyl sites for hydroxylation is 2. The number of halogens is 1. The van der Waals surface area contributed by atoms with Crippen molar-refractivity contribution in [2.75, 3.05) is 20.3 Å². The zero-order valence-corrected chi connectivity index (χ0v) is 21.3. The Labute approximate surface area is 214 Å². The van der Waals surface area contributed by atoms with Gasteiger partial charge in [-0.25, -0.2) is 14.4 Å². The number of benzene rings is 1. The number of carbonyl (C=O) groups excluding carboxylic acids is 2. The summed E-state index contributed by atoms with van der Waals surface area (Å²) in [6.45, 7) is 4.37. The van der Waals surface area contributed by atoms with E-state index in [0.29, 0.717) is 46.9 Å². The highest BCUT2D eigenvalue weighted by Crippen LogP contribution is 2.37. The number of alkyl halides is 1. The van der Waals surface area contributed by atoms with Crippen LogP contribution >= 0.6 is 0 Å². The van der Waals surface area contributed by atoms with Crippen LogP contribution in [0.3, 0.4) is 0 Å². The van der Waals surface area contributed by atoms with Gasteiger partial charge in [0.15, 0.2) is 0 Å². The maximum atomic E-state index is 14.7. The van der Waals surface area contributed by atoms with E-state index in [2.05, 4.69) is 25.6 Å². The maximum absolute atomic E-state index is 14.7. The molecule has 0 aliphatic heterocycles. The van der Waals surface area contributed by atoms with Crippen molar-refractivity contribution < 1.29 is 23.5 Å². The number of methoxy groups -OCH3 is 1. The summed E-state index contributed by atoms with van der Waals surface area (Å²) >= 11 is 0. The van der Waals surface area contributed by atoms with E-state index in [0.717, 1.165) is 16.9 Å². The molecule has 5 rings (SSSR count). The molecule has 0 spiro atoms. The van der Waals surface area contributed by atoms with Gasteiger partial charge in [0.05, 0.1) is 23.7 Å². The molecule has 37 heavy (non-hydrogen) atoms. The summed E-state index contributed by atoms with van der Waals surface area (Å²) in [5.74, 6) is 0.619. The van der Waals surface area contributed by atoms with Crippen LogP contribution in [0.25, 0.3) is 22.3 Å². The van der Waals surface area contributed by atoms with E-state index < -0.39 is 18.1 Å². The summed E-state index contributed by atoms with van der Waals surface area (Å²) in [6.07, 6.45) is 2.98. The number of hydrogen-bond acceptors (Lipinski definition) is 6. The van der Waals surface area contributed by atoms with E-state index in [4.69, 9.17) is 9.47 Å². The average Bonchev–Trinajstić information content (AvgIpc) is 3.53. The fourth-order valence-electron chi connectivity index (χ4n) is 4.94. The first-order chi connectivity index (χ1) is 17.8. The van der Waals surface area contributed by atoms with Gasteiger partial charge in [-0.15, -0.1) is 0 Å². The van der Waals surface area contributed by atoms with Crippen molar-refractivity contribution >= 4 is 22.8 Å². The van der Waals surface area contributed by atoms with E-state index in [1.165, 1.54) is 26.3 Å². The topological polar surface area (TPSA) is 118 Å². The Morgan fingerprint density at radius 2 is 1.97 bits per heavy atom. The molecule has 0 radical (unpaired) electrons. The monoisotopic (exact) mass is 509 g/mol. The third-order valence-corrected chi connectivity index (χ3v) is 7.00. The Bertz CT molecular complexity index is 1320. The number of hydrogen-bond donors (Lipinski definition) is 3. The molecule has 2 heterocycles. The van der Waals surface area contributed by atoms with E-state index in [1.807, 2.05) is 25.1 Å². The summed E-state index contributed by atoms with van der Waals surface area (Å²) in [5, 5.41) is 5.57. The molecule has 2 aliphatic carbocycles. The Morgan fingerprint density at radius 3 is 2.73 bits per heavy atom. The molecule has 9 nitrogen and oxygen atoms in total. The van der Waals surface area contributed by atoms with Crippen molar-refractivity contribution in [1.29, 1.82) is 0 Å². The van der Waals surface area contributed by atoms with E-state index in [9.17, 15) is 14.0 Å². The Balaban J connectivity index is 1.39. The molecule has 2 saturated carbocycles. The lowest BCUT2D eigenvalue weighted by molar-refractivity contribution is -0.125. The quantitative estimate of drug-likeness (QED) is 0.407. The summed E-state index contributed by atoms with van der Waals surface area (Å²) in [7, 11) is 1.43. The number of ether oxygens (including phenoxy) is 2. The molecule has 2 aromatic heterocycles. The number of nitrogens with one attached hydrogen (secondary N) is 3. The largest absolute Gasteiger partial charge is 0.493 e. The zero-order valence-electron chi connectivity index (χ0n) is 21.3. The van der Waals surface area contributed by atoms with Crippen LogP contribution in [0, 0.1) is 19.8 Å². The number of fused-ring (bicyclic) bond motifs is 1. The van der Waals surface area contributed by atoms with E-state index in [-0.39, 0.29) is 25.0 Å². The van der Waals surface area contributed by atoms with Gasteiger partial charge in [0, 0.05) is 30.8 Å². The number of aromatic nitrogens is 3. The van der Waals surface area contributed by atoms with Gasteiger partial charge in [-0.1, -0.05) is 11.6 Å². The highest BCUT2D eigenvalue weighted by atomic mass is 19.1. The minimum Gasteiger partial charge on any atom is -0.493 e. The van der Waals surface area contributed by atoms with Gasteiger partial charge in [-0.3, -0.25) is 9.59 Å². The maximum Gasteiger partial charge on any atom is 0.255 e. The van der Waals surface area contributed by atoms with Gasteiger partial charge in [0.25, 0.3) is 5.91 Å². The lowest BCUT2D eigenvalue weighted by atomic mass is 10.1. The molecule has 2 aliphatic rings. The average molecular weight is 510 g/mol. The van der Waals surface area contributed by atoms with Crippen LogP contribution in [0.2, 0.25) is 0 Å². The predicted octanol–water partition coefficient (Wildman–Crippen LogP) is 3.39. The second-order valence-electron chi connectivity index (χ2n) is 10.1. The van der Waals surface area contributed by atoms with Gasteiger partial charge in [-0.05, 0) is 51.2 Å². The first kappa shape index (κ1) is 25.1. The third kappa shape index (κ3) is 5.44. The molecule has 0 bridgehead atoms. The fourth-order valence-corrected chi connectivity index (χ4v) is 4.94. The van der Waals surface area contributed by atoms with Crippen molar-refractivity contribution in [3.63, 3.8) is 0 Å². The van der Waals surface area contributed by atoms with E-state index in [1.54, 1.807) is 6.92 Å². The first-order valence-electron chi connectivity index (χ1n) is 12.6. The second-order valence-corrected chi connectivity index (χ2v) is 10.1. The van der Waals surface area contributed by atoms with E-state index >= 15 is 0 Å². The SMILES string of the molecule is COCC(=O)NC1CC(F)C(NC(=O)c2c(C)[nH]c3c(-c4cc(C)ccc4OCC4CC4)ncnc23)C1.